The van der Waals surface area contributed by atoms with Crippen molar-refractivity contribution in [3.05, 3.63) is 0 Å². The third kappa shape index (κ3) is 2.42. The summed E-state index contributed by atoms with van der Waals surface area (Å²) in [5.74, 6) is -0.212. The number of aliphatic hydroxyl groups excluding tert-OH is 2. The maximum absolute atomic E-state index is 10.6. The molecule has 1 aliphatic heterocycles. The Morgan fingerprint density at radius 2 is 2.14 bits per heavy atom. The van der Waals surface area contributed by atoms with Gasteiger partial charge in [-0.25, -0.2) is 0 Å². The van der Waals surface area contributed by atoms with Crippen LogP contribution in [0.25, 0.3) is 0 Å². The van der Waals surface area contributed by atoms with Crippen LogP contribution in [0.2, 0.25) is 0 Å². The van der Waals surface area contributed by atoms with Crippen LogP contribution in [0.1, 0.15) is 6.92 Å². The molecule has 0 spiro atoms. The van der Waals surface area contributed by atoms with Gasteiger partial charge in [-0.1, -0.05) is 0 Å². The maximum Gasteiger partial charge on any atom is 0.216 e. The number of amides is 1. The largest absolute Gasteiger partial charge is 0.387 e. The first-order chi connectivity index (χ1) is 6.56. The minimum atomic E-state index is -1.07. The number of hydrogen-bond donors (Lipinski definition) is 3. The molecule has 14 heavy (non-hydrogen) atoms. The summed E-state index contributed by atoms with van der Waals surface area (Å²) in [5, 5.41) is 21.3. The fourth-order valence-electron chi connectivity index (χ4n) is 1.32. The molecule has 0 aliphatic carbocycles. The first kappa shape index (κ1) is 11.4. The smallest absolute Gasteiger partial charge is 0.216 e. The molecule has 1 amide bonds. The predicted molar refractivity (Wildman–Crippen MR) is 46.4 cm³/mol. The van der Waals surface area contributed by atoms with Gasteiger partial charge in [0.15, 0.2) is 6.29 Å². The molecule has 6 nitrogen and oxygen atoms in total. The normalized spacial score (nSPS) is 37.1. The molecule has 1 rings (SSSR count). The van der Waals surface area contributed by atoms with Crippen molar-refractivity contribution in [2.75, 3.05) is 13.7 Å². The minimum absolute atomic E-state index is 0.160. The van der Waals surface area contributed by atoms with Gasteiger partial charge in [-0.05, 0) is 0 Å². The van der Waals surface area contributed by atoms with E-state index in [0.717, 1.165) is 0 Å². The summed E-state index contributed by atoms with van der Waals surface area (Å²) in [5.41, 5.74) is 0. The Hall–Kier alpha value is -0.690. The second kappa shape index (κ2) is 4.70. The third-order valence-corrected chi connectivity index (χ3v) is 2.10. The Morgan fingerprint density at radius 1 is 1.50 bits per heavy atom. The van der Waals surface area contributed by atoms with Gasteiger partial charge in [0.2, 0.25) is 5.91 Å². The molecule has 1 saturated heterocycles. The summed E-state index contributed by atoms with van der Waals surface area (Å²) in [6, 6.07) is 0. The van der Waals surface area contributed by atoms with Gasteiger partial charge in [0, 0.05) is 20.6 Å². The van der Waals surface area contributed by atoms with Crippen LogP contribution in [0.4, 0.5) is 0 Å². The Bertz CT molecular complexity index is 210. The van der Waals surface area contributed by atoms with Crippen molar-refractivity contribution in [3.8, 4) is 0 Å². The lowest BCUT2D eigenvalue weighted by atomic mass is 10.1. The highest BCUT2D eigenvalue weighted by Gasteiger charge is 2.42. The second-order valence-electron chi connectivity index (χ2n) is 3.20. The Labute approximate surface area is 81.8 Å². The number of aliphatic hydroxyl groups is 2. The molecule has 0 bridgehead atoms. The van der Waals surface area contributed by atoms with Crippen molar-refractivity contribution in [3.63, 3.8) is 0 Å². The van der Waals surface area contributed by atoms with Crippen LogP contribution in [0.15, 0.2) is 0 Å². The zero-order valence-electron chi connectivity index (χ0n) is 8.14. The summed E-state index contributed by atoms with van der Waals surface area (Å²) < 4.78 is 9.93. The molecule has 0 aromatic carbocycles. The molecule has 0 aromatic rings. The summed E-state index contributed by atoms with van der Waals surface area (Å²) in [7, 11) is 1.38. The number of ether oxygens (including phenoxy) is 2. The zero-order chi connectivity index (χ0) is 10.7. The van der Waals surface area contributed by atoms with Crippen LogP contribution in [-0.2, 0) is 14.3 Å². The molecule has 1 heterocycles. The van der Waals surface area contributed by atoms with Gasteiger partial charge in [0.05, 0.1) is 0 Å². The number of methoxy groups -OCH3 is 1. The highest BCUT2D eigenvalue weighted by atomic mass is 16.7. The average Bonchev–Trinajstić information content (AvgIpc) is 2.41. The second-order valence-corrected chi connectivity index (χ2v) is 3.20. The number of rotatable bonds is 3. The predicted octanol–water partition coefficient (Wildman–Crippen LogP) is -1.78. The van der Waals surface area contributed by atoms with Gasteiger partial charge >= 0.3 is 0 Å². The highest BCUT2D eigenvalue weighted by Crippen LogP contribution is 2.20. The molecule has 0 aromatic heterocycles. The van der Waals surface area contributed by atoms with Gasteiger partial charge in [0.25, 0.3) is 0 Å². The SMILES string of the molecule is CO[C@@H]1O[C@H](CNC(C)=O)[C@@H](O)[C@H]1O. The molecule has 4 atom stereocenters. The van der Waals surface area contributed by atoms with Crippen molar-refractivity contribution in [1.82, 2.24) is 5.32 Å². The average molecular weight is 205 g/mol. The van der Waals surface area contributed by atoms with Crippen LogP contribution in [0.3, 0.4) is 0 Å². The van der Waals surface area contributed by atoms with E-state index in [4.69, 9.17) is 9.47 Å². The molecule has 6 heteroatoms. The van der Waals surface area contributed by atoms with Crippen LogP contribution >= 0.6 is 0 Å². The topological polar surface area (TPSA) is 88.0 Å². The fourth-order valence-corrected chi connectivity index (χ4v) is 1.32. The highest BCUT2D eigenvalue weighted by molar-refractivity contribution is 5.72. The van der Waals surface area contributed by atoms with Crippen molar-refractivity contribution in [1.29, 1.82) is 0 Å². The van der Waals surface area contributed by atoms with E-state index >= 15 is 0 Å². The van der Waals surface area contributed by atoms with E-state index in [1.807, 2.05) is 0 Å². The van der Waals surface area contributed by atoms with E-state index in [1.165, 1.54) is 14.0 Å². The molecule has 0 radical (unpaired) electrons. The summed E-state index contributed by atoms with van der Waals surface area (Å²) in [6.07, 6.45) is -3.56. The van der Waals surface area contributed by atoms with Crippen LogP contribution in [-0.4, -0.2) is 54.4 Å². The number of hydrogen-bond acceptors (Lipinski definition) is 5. The van der Waals surface area contributed by atoms with E-state index in [9.17, 15) is 15.0 Å². The molecular weight excluding hydrogens is 190 g/mol. The molecule has 0 saturated carbocycles. The van der Waals surface area contributed by atoms with E-state index in [-0.39, 0.29) is 12.5 Å². The van der Waals surface area contributed by atoms with E-state index < -0.39 is 24.6 Å². The number of nitrogens with one attached hydrogen (secondary N) is 1. The van der Waals surface area contributed by atoms with E-state index in [1.54, 1.807) is 0 Å². The van der Waals surface area contributed by atoms with Gasteiger partial charge in [0.1, 0.15) is 18.3 Å². The summed E-state index contributed by atoms with van der Waals surface area (Å²) >= 11 is 0. The summed E-state index contributed by atoms with van der Waals surface area (Å²) in [4.78, 5) is 10.6. The first-order valence-electron chi connectivity index (χ1n) is 4.35. The van der Waals surface area contributed by atoms with Crippen molar-refractivity contribution in [2.24, 2.45) is 0 Å². The molecule has 1 fully saturated rings. The lowest BCUT2D eigenvalue weighted by molar-refractivity contribution is -0.148. The first-order valence-corrected chi connectivity index (χ1v) is 4.35. The van der Waals surface area contributed by atoms with Crippen LogP contribution in [0.5, 0.6) is 0 Å². The molecule has 0 unspecified atom stereocenters. The quantitative estimate of drug-likeness (QED) is 0.506. The van der Waals surface area contributed by atoms with E-state index in [0.29, 0.717) is 0 Å². The zero-order valence-corrected chi connectivity index (χ0v) is 8.14. The maximum atomic E-state index is 10.6. The standard InChI is InChI=1S/C8H15NO5/c1-4(10)9-3-5-6(11)7(12)8(13-2)14-5/h5-8,11-12H,3H2,1-2H3,(H,9,10)/t5-,6-,7-,8-/m1/s1. The van der Waals surface area contributed by atoms with Crippen molar-refractivity contribution >= 4 is 5.91 Å². The Kier molecular flexibility index (Phi) is 3.82. The van der Waals surface area contributed by atoms with Crippen molar-refractivity contribution < 1.29 is 24.5 Å². The molecule has 1 aliphatic rings. The van der Waals surface area contributed by atoms with Crippen LogP contribution in [0, 0.1) is 0 Å². The van der Waals surface area contributed by atoms with Gasteiger partial charge in [-0.15, -0.1) is 0 Å². The minimum Gasteiger partial charge on any atom is -0.387 e. The van der Waals surface area contributed by atoms with Gasteiger partial charge in [-0.3, -0.25) is 4.79 Å². The van der Waals surface area contributed by atoms with Gasteiger partial charge < -0.3 is 25.0 Å². The van der Waals surface area contributed by atoms with E-state index in [2.05, 4.69) is 5.32 Å². The monoisotopic (exact) mass is 205 g/mol. The lowest BCUT2D eigenvalue weighted by Gasteiger charge is -2.13. The number of carbonyl (C=O) groups is 1. The Morgan fingerprint density at radius 3 is 2.57 bits per heavy atom. The molecule has 82 valence electrons. The van der Waals surface area contributed by atoms with Gasteiger partial charge in [-0.2, -0.15) is 0 Å². The fraction of sp³-hybridized carbons (Fsp3) is 0.875. The van der Waals surface area contributed by atoms with Crippen LogP contribution < -0.4 is 5.32 Å². The third-order valence-electron chi connectivity index (χ3n) is 2.10. The molecule has 3 N–H and O–H groups in total. The Balaban J connectivity index is 2.44. The van der Waals surface area contributed by atoms with Crippen molar-refractivity contribution in [2.45, 2.75) is 31.5 Å². The lowest BCUT2D eigenvalue weighted by Crippen LogP contribution is -2.39. The number of carbonyl (C=O) groups excluding carboxylic acids is 1. The summed E-state index contributed by atoms with van der Waals surface area (Å²) in [6.45, 7) is 1.53. The molecular formula is C8H15NO5.